The summed E-state index contributed by atoms with van der Waals surface area (Å²) in [5.74, 6) is 1.07. The summed E-state index contributed by atoms with van der Waals surface area (Å²) in [4.78, 5) is 12.4. The van der Waals surface area contributed by atoms with Crippen LogP contribution in [-0.2, 0) is 18.4 Å². The van der Waals surface area contributed by atoms with Crippen LogP contribution in [0.5, 0.6) is 11.5 Å². The van der Waals surface area contributed by atoms with Crippen molar-refractivity contribution in [2.75, 3.05) is 12.1 Å². The second kappa shape index (κ2) is 5.11. The molecule has 0 spiro atoms. The van der Waals surface area contributed by atoms with Crippen molar-refractivity contribution in [2.24, 2.45) is 7.05 Å². The average molecular weight is 335 g/mol. The number of hydrogen-bond donors (Lipinski definition) is 1. The van der Waals surface area contributed by atoms with E-state index in [4.69, 9.17) is 14.2 Å². The highest BCUT2D eigenvalue weighted by atomic mass is 16.7. The monoisotopic (exact) mass is 335 g/mol. The number of esters is 1. The molecular weight excluding hydrogens is 320 g/mol. The van der Waals surface area contributed by atoms with E-state index in [1.54, 1.807) is 0 Å². The van der Waals surface area contributed by atoms with Gasteiger partial charge in [-0.1, -0.05) is 18.2 Å². The predicted molar refractivity (Wildman–Crippen MR) is 90.1 cm³/mol. The highest BCUT2D eigenvalue weighted by Gasteiger charge is 2.36. The minimum absolute atomic E-state index is 0.207. The molecule has 2 aliphatic heterocycles. The summed E-state index contributed by atoms with van der Waals surface area (Å²) in [6.07, 6.45) is 0. The van der Waals surface area contributed by atoms with Gasteiger partial charge in [0.1, 0.15) is 7.05 Å². The third-order valence-corrected chi connectivity index (χ3v) is 4.65. The van der Waals surface area contributed by atoms with Crippen molar-refractivity contribution in [2.45, 2.75) is 6.61 Å². The first kappa shape index (κ1) is 14.1. The van der Waals surface area contributed by atoms with Crippen LogP contribution in [0.3, 0.4) is 0 Å². The van der Waals surface area contributed by atoms with E-state index < -0.39 is 0 Å². The van der Waals surface area contributed by atoms with Gasteiger partial charge in [0.15, 0.2) is 23.7 Å². The van der Waals surface area contributed by atoms with Gasteiger partial charge in [-0.3, -0.25) is 0 Å². The maximum Gasteiger partial charge on any atom is 0.347 e. The second-order valence-corrected chi connectivity index (χ2v) is 6.05. The van der Waals surface area contributed by atoms with E-state index in [-0.39, 0.29) is 19.4 Å². The number of nitrogens with zero attached hydrogens (tertiary/aromatic N) is 1. The molecule has 124 valence electrons. The molecule has 0 unspecified atom stereocenters. The van der Waals surface area contributed by atoms with Gasteiger partial charge in [0.25, 0.3) is 0 Å². The summed E-state index contributed by atoms with van der Waals surface area (Å²) < 4.78 is 18.3. The number of carbonyl (C=O) groups excluding carboxylic acids is 1. The first-order valence-electron chi connectivity index (χ1n) is 8.00. The predicted octanol–water partition coefficient (Wildman–Crippen LogP) is 2.81. The van der Waals surface area contributed by atoms with Crippen LogP contribution in [0.25, 0.3) is 10.9 Å². The SMILES string of the molecule is C[n+]1c2c(c(Nc3ccccc3)c3cc4c(cc31)OCO4)C(=O)OC2. The fourth-order valence-electron chi connectivity index (χ4n) is 3.39. The van der Waals surface area contributed by atoms with Crippen LogP contribution in [0.4, 0.5) is 11.4 Å². The Morgan fingerprint density at radius 3 is 2.60 bits per heavy atom. The fourth-order valence-corrected chi connectivity index (χ4v) is 3.39. The topological polar surface area (TPSA) is 60.7 Å². The summed E-state index contributed by atoms with van der Waals surface area (Å²) in [5.41, 5.74) is 3.99. The molecule has 3 heterocycles. The molecule has 25 heavy (non-hydrogen) atoms. The molecule has 6 nitrogen and oxygen atoms in total. The van der Waals surface area contributed by atoms with Crippen molar-refractivity contribution in [1.82, 2.24) is 0 Å². The van der Waals surface area contributed by atoms with E-state index in [2.05, 4.69) is 5.32 Å². The summed E-state index contributed by atoms with van der Waals surface area (Å²) in [6.45, 7) is 0.469. The number of cyclic esters (lactones) is 1. The van der Waals surface area contributed by atoms with Gasteiger partial charge in [0.2, 0.25) is 18.0 Å². The highest BCUT2D eigenvalue weighted by Crippen LogP contribution is 2.41. The number of pyridine rings is 1. The van der Waals surface area contributed by atoms with E-state index in [0.717, 1.165) is 28.0 Å². The van der Waals surface area contributed by atoms with Crippen LogP contribution in [0, 0.1) is 0 Å². The smallest absolute Gasteiger partial charge is 0.347 e. The number of ether oxygens (including phenoxy) is 3. The third kappa shape index (κ3) is 2.04. The Balaban J connectivity index is 1.83. The summed E-state index contributed by atoms with van der Waals surface area (Å²) >= 11 is 0. The normalized spacial score (nSPS) is 14.5. The molecule has 6 heteroatoms. The van der Waals surface area contributed by atoms with E-state index >= 15 is 0 Å². The van der Waals surface area contributed by atoms with Gasteiger partial charge in [-0.05, 0) is 12.1 Å². The molecule has 0 atom stereocenters. The highest BCUT2D eigenvalue weighted by molar-refractivity contribution is 6.07. The molecule has 0 amide bonds. The van der Waals surface area contributed by atoms with E-state index in [9.17, 15) is 4.79 Å². The van der Waals surface area contributed by atoms with Crippen LogP contribution >= 0.6 is 0 Å². The zero-order chi connectivity index (χ0) is 17.0. The van der Waals surface area contributed by atoms with Crippen LogP contribution < -0.4 is 19.4 Å². The summed E-state index contributed by atoms with van der Waals surface area (Å²) in [7, 11) is 1.93. The van der Waals surface area contributed by atoms with Gasteiger partial charge in [0.05, 0.1) is 17.1 Å². The van der Waals surface area contributed by atoms with Gasteiger partial charge in [-0.2, -0.15) is 4.57 Å². The molecule has 2 aromatic carbocycles. The van der Waals surface area contributed by atoms with E-state index in [1.807, 2.05) is 54.1 Å². The Kier molecular flexibility index (Phi) is 2.88. The molecule has 0 aliphatic carbocycles. The number of anilines is 2. The number of fused-ring (bicyclic) bond motifs is 3. The minimum atomic E-state index is -0.316. The molecule has 0 fully saturated rings. The van der Waals surface area contributed by atoms with Gasteiger partial charge in [-0.15, -0.1) is 0 Å². The Morgan fingerprint density at radius 1 is 1.04 bits per heavy atom. The molecule has 0 saturated carbocycles. The van der Waals surface area contributed by atoms with E-state index in [1.165, 1.54) is 0 Å². The van der Waals surface area contributed by atoms with Crippen LogP contribution in [0.15, 0.2) is 42.5 Å². The standard InChI is InChI=1S/C19H14N2O4/c1-21-13-8-16-15(24-10-25-16)7-12(13)18(17-14(21)9-23-19(17)22)20-11-5-3-2-4-6-11/h2-8H,9-10H2,1H3/p+1. The number of para-hydroxylation sites is 1. The van der Waals surface area contributed by atoms with Crippen LogP contribution in [0.1, 0.15) is 16.1 Å². The maximum absolute atomic E-state index is 12.4. The Labute approximate surface area is 143 Å². The first-order valence-corrected chi connectivity index (χ1v) is 8.00. The van der Waals surface area contributed by atoms with Gasteiger partial charge in [0, 0.05) is 11.8 Å². The van der Waals surface area contributed by atoms with E-state index in [0.29, 0.717) is 17.1 Å². The van der Waals surface area contributed by atoms with Crippen LogP contribution in [-0.4, -0.2) is 12.8 Å². The molecule has 3 aromatic rings. The number of hydrogen-bond acceptors (Lipinski definition) is 5. The van der Waals surface area contributed by atoms with Crippen LogP contribution in [0.2, 0.25) is 0 Å². The fraction of sp³-hybridized carbons (Fsp3) is 0.158. The molecule has 2 aliphatic rings. The first-order chi connectivity index (χ1) is 12.2. The van der Waals surface area contributed by atoms with Crippen molar-refractivity contribution in [3.63, 3.8) is 0 Å². The quantitative estimate of drug-likeness (QED) is 0.576. The van der Waals surface area contributed by atoms with Gasteiger partial charge >= 0.3 is 5.97 Å². The Bertz CT molecular complexity index is 1030. The maximum atomic E-state index is 12.4. The second-order valence-electron chi connectivity index (χ2n) is 6.05. The van der Waals surface area contributed by atoms with Crippen molar-refractivity contribution < 1.29 is 23.6 Å². The number of aromatic nitrogens is 1. The summed E-state index contributed by atoms with van der Waals surface area (Å²) in [6, 6.07) is 13.6. The molecule has 5 rings (SSSR count). The summed E-state index contributed by atoms with van der Waals surface area (Å²) in [5, 5.41) is 4.27. The molecular formula is C19H15N2O4+. The number of benzene rings is 2. The lowest BCUT2D eigenvalue weighted by Gasteiger charge is -2.12. The van der Waals surface area contributed by atoms with Crippen molar-refractivity contribution in [3.8, 4) is 11.5 Å². The van der Waals surface area contributed by atoms with Gasteiger partial charge < -0.3 is 19.5 Å². The molecule has 0 saturated heterocycles. The Morgan fingerprint density at radius 2 is 1.80 bits per heavy atom. The molecule has 0 radical (unpaired) electrons. The largest absolute Gasteiger partial charge is 0.454 e. The van der Waals surface area contributed by atoms with Crippen molar-refractivity contribution in [1.29, 1.82) is 0 Å². The molecule has 1 N–H and O–H groups in total. The number of carbonyl (C=O) groups is 1. The molecule has 1 aromatic heterocycles. The lowest BCUT2D eigenvalue weighted by Crippen LogP contribution is -2.35. The zero-order valence-electron chi connectivity index (χ0n) is 13.5. The number of nitrogens with one attached hydrogen (secondary N) is 1. The third-order valence-electron chi connectivity index (χ3n) is 4.65. The molecule has 0 bridgehead atoms. The Hall–Kier alpha value is -3.28. The number of rotatable bonds is 2. The van der Waals surface area contributed by atoms with Crippen molar-refractivity contribution >= 4 is 28.2 Å². The number of aryl methyl sites for hydroxylation is 1. The van der Waals surface area contributed by atoms with Crippen molar-refractivity contribution in [3.05, 3.63) is 53.7 Å². The average Bonchev–Trinajstić information content (AvgIpc) is 3.24. The lowest BCUT2D eigenvalue weighted by molar-refractivity contribution is -0.653. The van der Waals surface area contributed by atoms with Gasteiger partial charge in [-0.25, -0.2) is 4.79 Å². The minimum Gasteiger partial charge on any atom is -0.454 e. The zero-order valence-corrected chi connectivity index (χ0v) is 13.5. The lowest BCUT2D eigenvalue weighted by atomic mass is 10.0.